The molecule has 1 saturated heterocycles. The number of hydrogen-bond acceptors (Lipinski definition) is 3. The maximum absolute atomic E-state index is 9.14. The van der Waals surface area contributed by atoms with Crippen LogP contribution in [0.3, 0.4) is 0 Å². The van der Waals surface area contributed by atoms with Crippen LogP contribution in [0.2, 0.25) is 0 Å². The van der Waals surface area contributed by atoms with Crippen molar-refractivity contribution >= 4 is 5.96 Å². The highest BCUT2D eigenvalue weighted by atomic mass is 16.3. The highest BCUT2D eigenvalue weighted by Gasteiger charge is 2.25. The molecule has 5 nitrogen and oxygen atoms in total. The van der Waals surface area contributed by atoms with Crippen LogP contribution in [0.25, 0.3) is 0 Å². The lowest BCUT2D eigenvalue weighted by molar-refractivity contribution is 0.158. The normalized spacial score (nSPS) is 28.0. The molecule has 5 heteroatoms. The Morgan fingerprint density at radius 3 is 2.87 bits per heavy atom. The van der Waals surface area contributed by atoms with Crippen molar-refractivity contribution in [3.05, 3.63) is 0 Å². The second-order valence-corrected chi connectivity index (χ2v) is 4.47. The number of nitrogens with one attached hydrogen (secondary N) is 1. The van der Waals surface area contributed by atoms with Crippen LogP contribution < -0.4 is 11.3 Å². The molecule has 0 aromatic carbocycles. The number of aliphatic hydroxyl groups excluding tert-OH is 1. The van der Waals surface area contributed by atoms with Gasteiger partial charge in [0, 0.05) is 19.7 Å². The van der Waals surface area contributed by atoms with E-state index in [1.54, 1.807) is 0 Å². The Balaban J connectivity index is 1.94. The molecule has 2 aliphatic rings. The third kappa shape index (κ3) is 2.82. The monoisotopic (exact) mass is 212 g/mol. The maximum Gasteiger partial charge on any atom is 0.208 e. The van der Waals surface area contributed by atoms with Gasteiger partial charge in [0.25, 0.3) is 0 Å². The third-order valence-corrected chi connectivity index (χ3v) is 3.06. The number of rotatable bonds is 2. The molecule has 15 heavy (non-hydrogen) atoms. The molecule has 0 aromatic rings. The van der Waals surface area contributed by atoms with E-state index in [9.17, 15) is 0 Å². The number of likely N-dealkylation sites (tertiary alicyclic amines) is 1. The van der Waals surface area contributed by atoms with Crippen molar-refractivity contribution < 1.29 is 5.11 Å². The Kier molecular flexibility index (Phi) is 3.43. The fourth-order valence-corrected chi connectivity index (χ4v) is 1.99. The summed E-state index contributed by atoms with van der Waals surface area (Å²) in [6.45, 7) is 2.12. The van der Waals surface area contributed by atoms with Crippen molar-refractivity contribution in [2.45, 2.75) is 31.7 Å². The zero-order chi connectivity index (χ0) is 10.7. The van der Waals surface area contributed by atoms with Crippen molar-refractivity contribution in [3.63, 3.8) is 0 Å². The number of hydrazine groups is 1. The van der Waals surface area contributed by atoms with E-state index in [1.165, 1.54) is 12.8 Å². The van der Waals surface area contributed by atoms with Gasteiger partial charge >= 0.3 is 0 Å². The number of nitrogens with two attached hydrogens (primary N) is 1. The molecule has 1 heterocycles. The minimum Gasteiger partial charge on any atom is -0.396 e. The van der Waals surface area contributed by atoms with Crippen molar-refractivity contribution in [1.82, 2.24) is 10.3 Å². The van der Waals surface area contributed by atoms with Gasteiger partial charge in [0.1, 0.15) is 0 Å². The van der Waals surface area contributed by atoms with Crippen LogP contribution in [-0.4, -0.2) is 41.7 Å². The van der Waals surface area contributed by atoms with E-state index in [2.05, 4.69) is 15.3 Å². The van der Waals surface area contributed by atoms with Crippen molar-refractivity contribution in [2.75, 3.05) is 19.7 Å². The van der Waals surface area contributed by atoms with Gasteiger partial charge in [-0.3, -0.25) is 5.43 Å². The Morgan fingerprint density at radius 2 is 2.27 bits per heavy atom. The summed E-state index contributed by atoms with van der Waals surface area (Å²) in [5.74, 6) is 6.65. The smallest absolute Gasteiger partial charge is 0.208 e. The zero-order valence-electron chi connectivity index (χ0n) is 9.02. The molecule has 4 N–H and O–H groups in total. The Hall–Kier alpha value is -0.810. The van der Waals surface area contributed by atoms with Crippen LogP contribution in [-0.2, 0) is 0 Å². The maximum atomic E-state index is 9.14. The Bertz CT molecular complexity index is 240. The van der Waals surface area contributed by atoms with Crippen LogP contribution in [0, 0.1) is 5.92 Å². The van der Waals surface area contributed by atoms with E-state index in [0.29, 0.717) is 12.0 Å². The van der Waals surface area contributed by atoms with E-state index >= 15 is 0 Å². The van der Waals surface area contributed by atoms with E-state index in [-0.39, 0.29) is 6.61 Å². The molecule has 1 unspecified atom stereocenters. The molecule has 2 fully saturated rings. The topological polar surface area (TPSA) is 73.9 Å². The third-order valence-electron chi connectivity index (χ3n) is 3.06. The SMILES string of the molecule is NNC(=NC1CC1)N1CCCC(CO)C1. The summed E-state index contributed by atoms with van der Waals surface area (Å²) >= 11 is 0. The molecule has 1 aliphatic carbocycles. The first-order valence-corrected chi connectivity index (χ1v) is 5.73. The van der Waals surface area contributed by atoms with Gasteiger partial charge in [-0.2, -0.15) is 0 Å². The lowest BCUT2D eigenvalue weighted by Crippen LogP contribution is -2.49. The second-order valence-electron chi connectivity index (χ2n) is 4.47. The number of piperidine rings is 1. The zero-order valence-corrected chi connectivity index (χ0v) is 9.02. The van der Waals surface area contributed by atoms with E-state index in [0.717, 1.165) is 31.9 Å². The van der Waals surface area contributed by atoms with Gasteiger partial charge in [-0.25, -0.2) is 10.8 Å². The molecule has 1 aliphatic heterocycles. The summed E-state index contributed by atoms with van der Waals surface area (Å²) in [7, 11) is 0. The largest absolute Gasteiger partial charge is 0.396 e. The van der Waals surface area contributed by atoms with Gasteiger partial charge in [-0.05, 0) is 31.6 Å². The molecule has 0 aromatic heterocycles. The van der Waals surface area contributed by atoms with Crippen LogP contribution in [0.1, 0.15) is 25.7 Å². The summed E-state index contributed by atoms with van der Waals surface area (Å²) in [6.07, 6.45) is 4.58. The number of aliphatic hydroxyl groups is 1. The van der Waals surface area contributed by atoms with E-state index < -0.39 is 0 Å². The fraction of sp³-hybridized carbons (Fsp3) is 0.900. The Labute approximate surface area is 90.3 Å². The molecule has 0 amide bonds. The standard InChI is InChI=1S/C10H20N4O/c11-13-10(12-9-3-4-9)14-5-1-2-8(6-14)7-15/h8-9,15H,1-7,11H2,(H,12,13). The highest BCUT2D eigenvalue weighted by molar-refractivity contribution is 5.79. The van der Waals surface area contributed by atoms with Gasteiger partial charge in [0.05, 0.1) is 6.04 Å². The average molecular weight is 212 g/mol. The number of guanidine groups is 1. The fourth-order valence-electron chi connectivity index (χ4n) is 1.99. The summed E-state index contributed by atoms with van der Waals surface area (Å²) in [5.41, 5.74) is 2.68. The lowest BCUT2D eigenvalue weighted by Gasteiger charge is -2.33. The predicted octanol–water partition coefficient (Wildman–Crippen LogP) is -0.328. The molecule has 86 valence electrons. The summed E-state index contributed by atoms with van der Waals surface area (Å²) in [5, 5.41) is 9.14. The van der Waals surface area contributed by atoms with E-state index in [1.807, 2.05) is 0 Å². The minimum atomic E-state index is 0.262. The first-order chi connectivity index (χ1) is 7.33. The van der Waals surface area contributed by atoms with Crippen molar-refractivity contribution in [2.24, 2.45) is 16.8 Å². The molecular formula is C10H20N4O. The number of nitrogens with zero attached hydrogens (tertiary/aromatic N) is 2. The summed E-state index contributed by atoms with van der Waals surface area (Å²) in [6, 6.07) is 0.477. The molecule has 2 rings (SSSR count). The molecule has 0 spiro atoms. The second kappa shape index (κ2) is 4.81. The van der Waals surface area contributed by atoms with E-state index in [4.69, 9.17) is 10.9 Å². The van der Waals surface area contributed by atoms with Gasteiger partial charge in [-0.1, -0.05) is 0 Å². The molecule has 0 bridgehead atoms. The predicted molar refractivity (Wildman–Crippen MR) is 59.2 cm³/mol. The average Bonchev–Trinajstić information content (AvgIpc) is 3.10. The van der Waals surface area contributed by atoms with Crippen LogP contribution in [0.15, 0.2) is 4.99 Å². The number of hydrogen-bond donors (Lipinski definition) is 3. The first kappa shape index (κ1) is 10.7. The molecular weight excluding hydrogens is 192 g/mol. The molecule has 1 saturated carbocycles. The van der Waals surface area contributed by atoms with Gasteiger partial charge in [-0.15, -0.1) is 0 Å². The summed E-state index contributed by atoms with van der Waals surface area (Å²) < 4.78 is 0. The van der Waals surface area contributed by atoms with Crippen LogP contribution >= 0.6 is 0 Å². The Morgan fingerprint density at radius 1 is 1.47 bits per heavy atom. The molecule has 0 radical (unpaired) electrons. The van der Waals surface area contributed by atoms with Crippen molar-refractivity contribution in [3.8, 4) is 0 Å². The lowest BCUT2D eigenvalue weighted by atomic mass is 9.99. The first-order valence-electron chi connectivity index (χ1n) is 5.73. The van der Waals surface area contributed by atoms with Gasteiger partial charge in [0.15, 0.2) is 0 Å². The quantitative estimate of drug-likeness (QED) is 0.254. The van der Waals surface area contributed by atoms with Gasteiger partial charge < -0.3 is 10.0 Å². The summed E-state index contributed by atoms with van der Waals surface area (Å²) in [4.78, 5) is 6.68. The van der Waals surface area contributed by atoms with Crippen molar-refractivity contribution in [1.29, 1.82) is 0 Å². The highest BCUT2D eigenvalue weighted by Crippen LogP contribution is 2.24. The van der Waals surface area contributed by atoms with Crippen LogP contribution in [0.4, 0.5) is 0 Å². The van der Waals surface area contributed by atoms with Gasteiger partial charge in [0.2, 0.25) is 5.96 Å². The number of aliphatic imine (C=N–C) groups is 1. The van der Waals surface area contributed by atoms with Crippen LogP contribution in [0.5, 0.6) is 0 Å². The molecule has 1 atom stereocenters. The minimum absolute atomic E-state index is 0.262.